The molecule has 0 unspecified atom stereocenters. The van der Waals surface area contributed by atoms with E-state index >= 15 is 0 Å². The summed E-state index contributed by atoms with van der Waals surface area (Å²) in [4.78, 5) is 22.1. The lowest BCUT2D eigenvalue weighted by molar-refractivity contribution is -0.384. The Hall–Kier alpha value is -3.72. The molecule has 0 aliphatic carbocycles. The van der Waals surface area contributed by atoms with Crippen LogP contribution in [0.15, 0.2) is 59.7 Å². The Morgan fingerprint density at radius 2 is 2.07 bits per heavy atom. The standard InChI is InChI=1S/C19H16ClN5O4/c1-13-17(19(20)24(23-13)14-6-3-2-4-7-14)11-21-22-18(26)12-29-16-9-5-8-15(10-16)25(27)28/h2-11H,12H2,1H3,(H,22,26)/b21-11+. The van der Waals surface area contributed by atoms with E-state index in [4.69, 9.17) is 16.3 Å². The number of nitro benzene ring substituents is 1. The van der Waals surface area contributed by atoms with E-state index in [9.17, 15) is 14.9 Å². The molecule has 10 heteroatoms. The Kier molecular flexibility index (Phi) is 6.20. The number of aryl methyl sites for hydroxylation is 1. The number of rotatable bonds is 7. The van der Waals surface area contributed by atoms with E-state index < -0.39 is 10.8 Å². The van der Waals surface area contributed by atoms with Crippen molar-refractivity contribution in [2.45, 2.75) is 6.92 Å². The highest BCUT2D eigenvalue weighted by Crippen LogP contribution is 2.22. The first-order valence-corrected chi connectivity index (χ1v) is 8.83. The van der Waals surface area contributed by atoms with Gasteiger partial charge < -0.3 is 4.74 Å². The number of hydrogen-bond donors (Lipinski definition) is 1. The molecule has 0 spiro atoms. The van der Waals surface area contributed by atoms with Crippen molar-refractivity contribution in [1.82, 2.24) is 15.2 Å². The van der Waals surface area contributed by atoms with E-state index in [1.807, 2.05) is 30.3 Å². The second-order valence-corrected chi connectivity index (χ2v) is 6.23. The molecule has 0 atom stereocenters. The molecule has 3 aromatic rings. The Bertz CT molecular complexity index is 1070. The largest absolute Gasteiger partial charge is 0.483 e. The number of carbonyl (C=O) groups excluding carboxylic acids is 1. The number of nitro groups is 1. The monoisotopic (exact) mass is 413 g/mol. The van der Waals surface area contributed by atoms with Gasteiger partial charge in [0, 0.05) is 6.07 Å². The summed E-state index contributed by atoms with van der Waals surface area (Å²) in [6.07, 6.45) is 1.40. The molecule has 0 aliphatic rings. The molecule has 1 amide bonds. The minimum absolute atomic E-state index is 0.124. The Morgan fingerprint density at radius 3 is 2.79 bits per heavy atom. The number of halogens is 1. The molecule has 0 aliphatic heterocycles. The Morgan fingerprint density at radius 1 is 1.31 bits per heavy atom. The van der Waals surface area contributed by atoms with Crippen LogP contribution in [0.1, 0.15) is 11.3 Å². The van der Waals surface area contributed by atoms with Crippen LogP contribution in [0.4, 0.5) is 5.69 Å². The number of non-ortho nitro benzene ring substituents is 1. The van der Waals surface area contributed by atoms with Gasteiger partial charge >= 0.3 is 0 Å². The Balaban J connectivity index is 1.60. The normalized spacial score (nSPS) is 10.8. The minimum atomic E-state index is -0.543. The number of amides is 1. The smallest absolute Gasteiger partial charge is 0.277 e. The van der Waals surface area contributed by atoms with E-state index in [0.717, 1.165) is 5.69 Å². The number of nitrogens with one attached hydrogen (secondary N) is 1. The molecular formula is C19H16ClN5O4. The maximum Gasteiger partial charge on any atom is 0.277 e. The third-order valence-corrected chi connectivity index (χ3v) is 4.19. The van der Waals surface area contributed by atoms with Gasteiger partial charge in [-0.3, -0.25) is 14.9 Å². The number of para-hydroxylation sites is 1. The highest BCUT2D eigenvalue weighted by atomic mass is 35.5. The van der Waals surface area contributed by atoms with Crippen molar-refractivity contribution < 1.29 is 14.5 Å². The second-order valence-electron chi connectivity index (χ2n) is 5.87. The van der Waals surface area contributed by atoms with Crippen LogP contribution in [0.5, 0.6) is 5.75 Å². The molecule has 148 valence electrons. The van der Waals surface area contributed by atoms with Crippen LogP contribution in [-0.2, 0) is 4.79 Å². The van der Waals surface area contributed by atoms with Crippen LogP contribution < -0.4 is 10.2 Å². The van der Waals surface area contributed by atoms with Gasteiger partial charge in [0.1, 0.15) is 10.9 Å². The first kappa shape index (κ1) is 20.0. The van der Waals surface area contributed by atoms with Crippen LogP contribution >= 0.6 is 11.6 Å². The van der Waals surface area contributed by atoms with Gasteiger partial charge in [-0.2, -0.15) is 10.2 Å². The zero-order chi connectivity index (χ0) is 20.8. The van der Waals surface area contributed by atoms with Crippen molar-refractivity contribution in [3.05, 3.63) is 81.1 Å². The fourth-order valence-electron chi connectivity index (χ4n) is 2.43. The summed E-state index contributed by atoms with van der Waals surface area (Å²) in [6.45, 7) is 1.43. The number of benzene rings is 2. The van der Waals surface area contributed by atoms with Gasteiger partial charge in [-0.25, -0.2) is 10.1 Å². The van der Waals surface area contributed by atoms with Crippen molar-refractivity contribution in [1.29, 1.82) is 0 Å². The maximum atomic E-state index is 11.9. The highest BCUT2D eigenvalue weighted by molar-refractivity contribution is 6.32. The van der Waals surface area contributed by atoms with Crippen molar-refractivity contribution in [2.24, 2.45) is 5.10 Å². The van der Waals surface area contributed by atoms with Crippen LogP contribution in [0.3, 0.4) is 0 Å². The van der Waals surface area contributed by atoms with E-state index in [1.54, 1.807) is 11.6 Å². The van der Waals surface area contributed by atoms with Gasteiger partial charge in [0.15, 0.2) is 6.61 Å². The van der Waals surface area contributed by atoms with Crippen molar-refractivity contribution in [3.8, 4) is 11.4 Å². The molecule has 0 fully saturated rings. The van der Waals surface area contributed by atoms with Crippen LogP contribution in [-0.4, -0.2) is 33.4 Å². The molecule has 9 nitrogen and oxygen atoms in total. The maximum absolute atomic E-state index is 11.9. The number of aromatic nitrogens is 2. The molecule has 0 saturated carbocycles. The van der Waals surface area contributed by atoms with E-state index in [2.05, 4.69) is 15.6 Å². The lowest BCUT2D eigenvalue weighted by Gasteiger charge is -2.04. The number of nitrogens with zero attached hydrogens (tertiary/aromatic N) is 4. The van der Waals surface area contributed by atoms with Crippen molar-refractivity contribution in [3.63, 3.8) is 0 Å². The Labute approximate surface area is 170 Å². The molecule has 0 radical (unpaired) electrons. The zero-order valence-electron chi connectivity index (χ0n) is 15.3. The molecule has 3 rings (SSSR count). The van der Waals surface area contributed by atoms with E-state index in [-0.39, 0.29) is 18.0 Å². The average Bonchev–Trinajstić information content (AvgIpc) is 3.01. The van der Waals surface area contributed by atoms with Crippen LogP contribution in [0, 0.1) is 17.0 Å². The number of hydrogen-bond acceptors (Lipinski definition) is 6. The molecule has 1 heterocycles. The summed E-state index contributed by atoms with van der Waals surface area (Å²) in [7, 11) is 0. The second kappa shape index (κ2) is 8.98. The summed E-state index contributed by atoms with van der Waals surface area (Å²) in [5.74, 6) is -0.321. The average molecular weight is 414 g/mol. The van der Waals surface area contributed by atoms with Crippen molar-refractivity contribution in [2.75, 3.05) is 6.61 Å². The molecule has 1 N–H and O–H groups in total. The van der Waals surface area contributed by atoms with Gasteiger partial charge in [0.25, 0.3) is 11.6 Å². The number of carbonyl (C=O) groups is 1. The first-order chi connectivity index (χ1) is 14.0. The molecular weight excluding hydrogens is 398 g/mol. The van der Waals surface area contributed by atoms with Gasteiger partial charge in [-0.05, 0) is 25.1 Å². The lowest BCUT2D eigenvalue weighted by Crippen LogP contribution is -2.24. The number of ether oxygens (including phenoxy) is 1. The third-order valence-electron chi connectivity index (χ3n) is 3.83. The van der Waals surface area contributed by atoms with Gasteiger partial charge in [0.2, 0.25) is 0 Å². The quantitative estimate of drug-likeness (QED) is 0.363. The van der Waals surface area contributed by atoms with E-state index in [1.165, 1.54) is 30.5 Å². The molecule has 2 aromatic carbocycles. The van der Waals surface area contributed by atoms with E-state index in [0.29, 0.717) is 16.4 Å². The summed E-state index contributed by atoms with van der Waals surface area (Å²) < 4.78 is 6.81. The number of hydrazone groups is 1. The summed E-state index contributed by atoms with van der Waals surface area (Å²) >= 11 is 6.38. The predicted molar refractivity (Wildman–Crippen MR) is 108 cm³/mol. The summed E-state index contributed by atoms with van der Waals surface area (Å²) in [6, 6.07) is 14.9. The molecule has 0 bridgehead atoms. The van der Waals surface area contributed by atoms with Crippen molar-refractivity contribution >= 4 is 29.4 Å². The van der Waals surface area contributed by atoms with Gasteiger partial charge in [-0.15, -0.1) is 0 Å². The third kappa shape index (κ3) is 4.96. The first-order valence-electron chi connectivity index (χ1n) is 8.45. The predicted octanol–water partition coefficient (Wildman–Crippen LogP) is 3.27. The van der Waals surface area contributed by atoms with Gasteiger partial charge in [0.05, 0.1) is 34.1 Å². The SMILES string of the molecule is Cc1nn(-c2ccccc2)c(Cl)c1/C=N/NC(=O)COc1cccc([N+](=O)[O-])c1. The lowest BCUT2D eigenvalue weighted by atomic mass is 10.3. The fraction of sp³-hybridized carbons (Fsp3) is 0.105. The highest BCUT2D eigenvalue weighted by Gasteiger charge is 2.13. The zero-order valence-corrected chi connectivity index (χ0v) is 16.0. The fourth-order valence-corrected chi connectivity index (χ4v) is 2.76. The van der Waals surface area contributed by atoms with Crippen LogP contribution in [0.25, 0.3) is 5.69 Å². The molecule has 1 aromatic heterocycles. The van der Waals surface area contributed by atoms with Crippen LogP contribution in [0.2, 0.25) is 5.15 Å². The molecule has 29 heavy (non-hydrogen) atoms. The van der Waals surface area contributed by atoms with Gasteiger partial charge in [-0.1, -0.05) is 35.9 Å². The molecule has 0 saturated heterocycles. The minimum Gasteiger partial charge on any atom is -0.483 e. The summed E-state index contributed by atoms with van der Waals surface area (Å²) in [5, 5.41) is 19.4. The summed E-state index contributed by atoms with van der Waals surface area (Å²) in [5.41, 5.74) is 4.20. The topological polar surface area (TPSA) is 112 Å².